The van der Waals surface area contributed by atoms with Crippen LogP contribution in [0, 0.1) is 0 Å². The SMILES string of the molecule is C=C(CCCc1ccc(OC)cc1)O[Si](C)(C)C(C)(C)C. The van der Waals surface area contributed by atoms with Gasteiger partial charge in [0.25, 0.3) is 0 Å². The first-order valence-corrected chi connectivity index (χ1v) is 10.6. The third kappa shape index (κ3) is 5.58. The zero-order valence-electron chi connectivity index (χ0n) is 14.5. The Balaban J connectivity index is 2.40. The van der Waals surface area contributed by atoms with Gasteiger partial charge in [0, 0.05) is 6.42 Å². The van der Waals surface area contributed by atoms with Crippen molar-refractivity contribution in [2.45, 2.75) is 58.2 Å². The Morgan fingerprint density at radius 2 is 1.71 bits per heavy atom. The van der Waals surface area contributed by atoms with E-state index in [1.165, 1.54) is 5.56 Å². The van der Waals surface area contributed by atoms with Crippen molar-refractivity contribution in [1.82, 2.24) is 0 Å². The van der Waals surface area contributed by atoms with Crippen LogP contribution in [0.15, 0.2) is 36.6 Å². The second-order valence-corrected chi connectivity index (χ2v) is 11.8. The normalized spacial score (nSPS) is 12.1. The fourth-order valence-corrected chi connectivity index (χ4v) is 2.98. The monoisotopic (exact) mass is 306 g/mol. The fourth-order valence-electron chi connectivity index (χ4n) is 1.85. The van der Waals surface area contributed by atoms with Gasteiger partial charge in [0.05, 0.1) is 12.9 Å². The van der Waals surface area contributed by atoms with E-state index in [1.807, 2.05) is 12.1 Å². The van der Waals surface area contributed by atoms with Gasteiger partial charge in [-0.1, -0.05) is 39.5 Å². The summed E-state index contributed by atoms with van der Waals surface area (Å²) in [6.45, 7) is 15.4. The number of rotatable bonds is 7. The molecule has 0 aromatic heterocycles. The average molecular weight is 307 g/mol. The molecule has 1 aromatic carbocycles. The van der Waals surface area contributed by atoms with Gasteiger partial charge >= 0.3 is 0 Å². The van der Waals surface area contributed by atoms with Gasteiger partial charge in [0.1, 0.15) is 5.75 Å². The molecule has 0 radical (unpaired) electrons. The molecule has 2 nitrogen and oxygen atoms in total. The summed E-state index contributed by atoms with van der Waals surface area (Å²) in [6.07, 6.45) is 3.04. The molecule has 0 unspecified atom stereocenters. The minimum atomic E-state index is -1.73. The zero-order chi connectivity index (χ0) is 16.1. The third-order valence-corrected chi connectivity index (χ3v) is 8.70. The molecule has 0 atom stereocenters. The highest BCUT2D eigenvalue weighted by Crippen LogP contribution is 2.38. The summed E-state index contributed by atoms with van der Waals surface area (Å²) in [4.78, 5) is 0. The van der Waals surface area contributed by atoms with Crippen molar-refractivity contribution < 1.29 is 9.16 Å². The summed E-state index contributed by atoms with van der Waals surface area (Å²) < 4.78 is 11.4. The van der Waals surface area contributed by atoms with Gasteiger partial charge < -0.3 is 9.16 Å². The first-order chi connectivity index (χ1) is 9.65. The molecule has 0 saturated carbocycles. The number of ether oxygens (including phenoxy) is 1. The highest BCUT2D eigenvalue weighted by molar-refractivity contribution is 6.74. The number of benzene rings is 1. The first kappa shape index (κ1) is 17.8. The maximum absolute atomic E-state index is 6.20. The lowest BCUT2D eigenvalue weighted by molar-refractivity contribution is 0.365. The van der Waals surface area contributed by atoms with Crippen molar-refractivity contribution in [3.05, 3.63) is 42.2 Å². The molecule has 0 aliphatic heterocycles. The molecule has 0 bridgehead atoms. The van der Waals surface area contributed by atoms with E-state index >= 15 is 0 Å². The summed E-state index contributed by atoms with van der Waals surface area (Å²) in [5.74, 6) is 1.85. The van der Waals surface area contributed by atoms with Crippen LogP contribution in [0.3, 0.4) is 0 Å². The van der Waals surface area contributed by atoms with E-state index < -0.39 is 8.32 Å². The topological polar surface area (TPSA) is 18.5 Å². The van der Waals surface area contributed by atoms with Gasteiger partial charge in [-0.05, 0) is 48.7 Å². The van der Waals surface area contributed by atoms with E-state index in [0.29, 0.717) is 0 Å². The van der Waals surface area contributed by atoms with E-state index in [2.05, 4.69) is 52.6 Å². The summed E-state index contributed by atoms with van der Waals surface area (Å²) in [6, 6.07) is 8.26. The highest BCUT2D eigenvalue weighted by atomic mass is 28.4. The number of methoxy groups -OCH3 is 1. The third-order valence-electron chi connectivity index (χ3n) is 4.29. The Labute approximate surface area is 131 Å². The van der Waals surface area contributed by atoms with Gasteiger partial charge in [0.2, 0.25) is 8.32 Å². The predicted octanol–water partition coefficient (Wildman–Crippen LogP) is 5.55. The van der Waals surface area contributed by atoms with Crippen LogP contribution in [0.1, 0.15) is 39.2 Å². The zero-order valence-corrected chi connectivity index (χ0v) is 15.5. The summed E-state index contributed by atoms with van der Waals surface area (Å²) in [5.41, 5.74) is 1.33. The quantitative estimate of drug-likeness (QED) is 0.485. The molecule has 3 heteroatoms. The maximum Gasteiger partial charge on any atom is 0.250 e. The van der Waals surface area contributed by atoms with Crippen LogP contribution in [-0.4, -0.2) is 15.4 Å². The van der Waals surface area contributed by atoms with Crippen LogP contribution < -0.4 is 4.74 Å². The van der Waals surface area contributed by atoms with Crippen LogP contribution in [0.25, 0.3) is 0 Å². The molecule has 0 N–H and O–H groups in total. The largest absolute Gasteiger partial charge is 0.547 e. The molecular weight excluding hydrogens is 276 g/mol. The summed E-state index contributed by atoms with van der Waals surface area (Å²) in [7, 11) is -0.0341. The Bertz CT molecular complexity index is 455. The van der Waals surface area contributed by atoms with Crippen LogP contribution in [0.5, 0.6) is 5.75 Å². The molecule has 0 heterocycles. The average Bonchev–Trinajstić information content (AvgIpc) is 2.37. The van der Waals surface area contributed by atoms with Gasteiger partial charge in [-0.25, -0.2) is 0 Å². The molecule has 21 heavy (non-hydrogen) atoms. The lowest BCUT2D eigenvalue weighted by atomic mass is 10.1. The Morgan fingerprint density at radius 3 is 2.19 bits per heavy atom. The second kappa shape index (κ2) is 7.17. The van der Waals surface area contributed by atoms with Gasteiger partial charge in [-0.15, -0.1) is 0 Å². The van der Waals surface area contributed by atoms with Crippen LogP contribution >= 0.6 is 0 Å². The van der Waals surface area contributed by atoms with Gasteiger partial charge in [-0.3, -0.25) is 0 Å². The minimum absolute atomic E-state index is 0.228. The Hall–Kier alpha value is -1.22. The molecular formula is C18H30O2Si. The highest BCUT2D eigenvalue weighted by Gasteiger charge is 2.38. The number of hydrogen-bond donors (Lipinski definition) is 0. The predicted molar refractivity (Wildman–Crippen MR) is 93.4 cm³/mol. The fraction of sp³-hybridized carbons (Fsp3) is 0.556. The van der Waals surface area contributed by atoms with Crippen LogP contribution in [0.4, 0.5) is 0 Å². The second-order valence-electron chi connectivity index (χ2n) is 7.10. The van der Waals surface area contributed by atoms with E-state index in [1.54, 1.807) is 7.11 Å². The number of aryl methyl sites for hydroxylation is 1. The molecule has 1 rings (SSSR count). The summed E-state index contributed by atoms with van der Waals surface area (Å²) in [5, 5.41) is 0.228. The van der Waals surface area contributed by atoms with Crippen molar-refractivity contribution in [1.29, 1.82) is 0 Å². The van der Waals surface area contributed by atoms with Crippen molar-refractivity contribution >= 4 is 8.32 Å². The molecule has 0 amide bonds. The van der Waals surface area contributed by atoms with Crippen molar-refractivity contribution in [2.75, 3.05) is 7.11 Å². The Morgan fingerprint density at radius 1 is 1.14 bits per heavy atom. The maximum atomic E-state index is 6.20. The number of allylic oxidation sites excluding steroid dienone is 1. The smallest absolute Gasteiger partial charge is 0.250 e. The van der Waals surface area contributed by atoms with Gasteiger partial charge in [-0.2, -0.15) is 0 Å². The van der Waals surface area contributed by atoms with Crippen molar-refractivity contribution in [2.24, 2.45) is 0 Å². The minimum Gasteiger partial charge on any atom is -0.547 e. The molecule has 0 aliphatic rings. The van der Waals surface area contributed by atoms with E-state index in [-0.39, 0.29) is 5.04 Å². The first-order valence-electron chi connectivity index (χ1n) is 7.65. The van der Waals surface area contributed by atoms with Crippen molar-refractivity contribution in [3.63, 3.8) is 0 Å². The van der Waals surface area contributed by atoms with E-state index in [9.17, 15) is 0 Å². The van der Waals surface area contributed by atoms with E-state index in [4.69, 9.17) is 9.16 Å². The molecule has 0 saturated heterocycles. The molecule has 0 spiro atoms. The molecule has 0 aliphatic carbocycles. The Kier molecular flexibility index (Phi) is 6.08. The standard InChI is InChI=1S/C18H30O2Si/c1-15(20-21(6,7)18(2,3)4)9-8-10-16-11-13-17(19-5)14-12-16/h11-14H,1,8-10H2,2-7H3. The van der Waals surface area contributed by atoms with Crippen LogP contribution in [0.2, 0.25) is 18.1 Å². The van der Waals surface area contributed by atoms with E-state index in [0.717, 1.165) is 30.8 Å². The van der Waals surface area contributed by atoms with Gasteiger partial charge in [0.15, 0.2) is 0 Å². The number of hydrogen-bond acceptors (Lipinski definition) is 2. The summed E-state index contributed by atoms with van der Waals surface area (Å²) >= 11 is 0. The molecule has 118 valence electrons. The lowest BCUT2D eigenvalue weighted by Crippen LogP contribution is -2.40. The molecule has 1 aromatic rings. The lowest BCUT2D eigenvalue weighted by Gasteiger charge is -2.37. The van der Waals surface area contributed by atoms with Crippen molar-refractivity contribution in [3.8, 4) is 5.75 Å². The van der Waals surface area contributed by atoms with Crippen LogP contribution in [-0.2, 0) is 10.8 Å². The molecule has 0 fully saturated rings.